The van der Waals surface area contributed by atoms with Crippen molar-refractivity contribution in [1.82, 2.24) is 0 Å². The van der Waals surface area contributed by atoms with Gasteiger partial charge >= 0.3 is 0 Å². The Kier molecular flexibility index (Phi) is 6.38. The molecule has 4 heteroatoms. The maximum atomic E-state index is 6.51. The van der Waals surface area contributed by atoms with Gasteiger partial charge in [0.25, 0.3) is 0 Å². The van der Waals surface area contributed by atoms with Gasteiger partial charge in [-0.05, 0) is 48.8 Å². The highest BCUT2D eigenvalue weighted by Gasteiger charge is 2.45. The normalized spacial score (nSPS) is 27.9. The minimum absolute atomic E-state index is 0.0639. The molecule has 2 aromatic rings. The first-order valence-electron chi connectivity index (χ1n) is 11.5. The maximum absolute atomic E-state index is 6.51. The second-order valence-corrected chi connectivity index (χ2v) is 14.1. The van der Waals surface area contributed by atoms with Crippen LogP contribution in [0.25, 0.3) is 0 Å². The summed E-state index contributed by atoms with van der Waals surface area (Å²) in [5, 5.41) is 3.26. The van der Waals surface area contributed by atoms with Crippen LogP contribution in [-0.2, 0) is 9.78 Å². The van der Waals surface area contributed by atoms with Crippen molar-refractivity contribution in [3.63, 3.8) is 0 Å². The Morgan fingerprint density at radius 3 is 2.30 bits per heavy atom. The summed E-state index contributed by atoms with van der Waals surface area (Å²) in [4.78, 5) is 10.9. The summed E-state index contributed by atoms with van der Waals surface area (Å²) in [6.07, 6.45) is 5.50. The zero-order chi connectivity index (χ0) is 21.2. The minimum atomic E-state index is -1.33. The van der Waals surface area contributed by atoms with E-state index in [1.165, 1.54) is 10.4 Å². The van der Waals surface area contributed by atoms with Gasteiger partial charge < -0.3 is 4.74 Å². The first-order valence-corrected chi connectivity index (χ1v) is 13.3. The lowest BCUT2D eigenvalue weighted by atomic mass is 9.74. The largest absolute Gasteiger partial charge is 0.490 e. The van der Waals surface area contributed by atoms with Crippen LogP contribution in [0.4, 0.5) is 0 Å². The molecule has 4 rings (SSSR count). The zero-order valence-corrected chi connectivity index (χ0v) is 20.1. The Bertz CT molecular complexity index is 806. The Morgan fingerprint density at radius 2 is 1.70 bits per heavy atom. The van der Waals surface area contributed by atoms with E-state index in [1.54, 1.807) is 0 Å². The molecule has 1 spiro atoms. The van der Waals surface area contributed by atoms with E-state index in [0.29, 0.717) is 5.92 Å². The molecule has 0 amide bonds. The minimum Gasteiger partial charge on any atom is -0.490 e. The topological polar surface area (TPSA) is 27.7 Å². The third-order valence-electron chi connectivity index (χ3n) is 6.95. The number of hydrogen-bond donors (Lipinski definition) is 0. The van der Waals surface area contributed by atoms with Crippen LogP contribution in [-0.4, -0.2) is 27.1 Å². The van der Waals surface area contributed by atoms with E-state index < -0.39 is 8.80 Å². The zero-order valence-electron chi connectivity index (χ0n) is 18.9. The van der Waals surface area contributed by atoms with Crippen LogP contribution in [0.1, 0.15) is 59.8 Å². The van der Waals surface area contributed by atoms with E-state index in [2.05, 4.69) is 82.3 Å². The molecule has 30 heavy (non-hydrogen) atoms. The van der Waals surface area contributed by atoms with E-state index in [0.717, 1.165) is 44.5 Å². The van der Waals surface area contributed by atoms with Crippen LogP contribution in [0.15, 0.2) is 54.6 Å². The summed E-state index contributed by atoms with van der Waals surface area (Å²) in [7, 11) is -1.33. The van der Waals surface area contributed by atoms with Crippen LogP contribution < -0.4 is 15.1 Å². The van der Waals surface area contributed by atoms with Gasteiger partial charge in [-0.1, -0.05) is 80.5 Å². The Hall–Kier alpha value is -1.62. The quantitative estimate of drug-likeness (QED) is 0.506. The van der Waals surface area contributed by atoms with Crippen LogP contribution in [0.2, 0.25) is 5.04 Å². The van der Waals surface area contributed by atoms with E-state index in [1.807, 2.05) is 0 Å². The van der Waals surface area contributed by atoms with Gasteiger partial charge in [0.2, 0.25) is 0 Å². The van der Waals surface area contributed by atoms with Crippen LogP contribution in [0, 0.1) is 5.92 Å². The van der Waals surface area contributed by atoms with Gasteiger partial charge in [0.15, 0.2) is 0 Å². The summed E-state index contributed by atoms with van der Waals surface area (Å²) in [6.45, 7) is 10.1. The third-order valence-corrected chi connectivity index (χ3v) is 10.8. The summed E-state index contributed by atoms with van der Waals surface area (Å²) in [6, 6.07) is 20.0. The molecule has 2 unspecified atom stereocenters. The second-order valence-electron chi connectivity index (χ2n) is 10.2. The fourth-order valence-electron chi connectivity index (χ4n) is 5.41. The van der Waals surface area contributed by atoms with Crippen molar-refractivity contribution in [2.24, 2.45) is 5.92 Å². The van der Waals surface area contributed by atoms with Crippen molar-refractivity contribution in [3.8, 4) is 5.75 Å². The Labute approximate surface area is 183 Å². The molecule has 0 radical (unpaired) electrons. The van der Waals surface area contributed by atoms with Gasteiger partial charge in [-0.3, -0.25) is 0 Å². The average molecular weight is 425 g/mol. The lowest BCUT2D eigenvalue weighted by molar-refractivity contribution is -0.319. The third kappa shape index (κ3) is 4.66. The SMILES string of the molecule is CC[C@@H]1CC2(CCOO2)CC[C@H]1Oc1ccc([SiH](c2ccccc2)C(C)(C)C)cc1. The lowest BCUT2D eigenvalue weighted by Crippen LogP contribution is -2.48. The van der Waals surface area contributed by atoms with Gasteiger partial charge in [0.05, 0.1) is 6.61 Å². The van der Waals surface area contributed by atoms with Crippen molar-refractivity contribution in [2.75, 3.05) is 6.61 Å². The van der Waals surface area contributed by atoms with Crippen LogP contribution in [0.5, 0.6) is 5.75 Å². The second kappa shape index (κ2) is 8.86. The fourth-order valence-corrected chi connectivity index (χ4v) is 8.97. The average Bonchev–Trinajstić information content (AvgIpc) is 3.18. The molecule has 162 valence electrons. The van der Waals surface area contributed by atoms with Gasteiger partial charge in [-0.2, -0.15) is 0 Å². The highest BCUT2D eigenvalue weighted by molar-refractivity contribution is 6.87. The van der Waals surface area contributed by atoms with Gasteiger partial charge in [-0.25, -0.2) is 9.78 Å². The highest BCUT2D eigenvalue weighted by Crippen LogP contribution is 2.43. The molecule has 0 bridgehead atoms. The van der Waals surface area contributed by atoms with Gasteiger partial charge in [0.1, 0.15) is 26.3 Å². The first-order chi connectivity index (χ1) is 14.4. The van der Waals surface area contributed by atoms with Crippen molar-refractivity contribution in [3.05, 3.63) is 54.6 Å². The molecule has 1 saturated carbocycles. The van der Waals surface area contributed by atoms with Crippen molar-refractivity contribution in [1.29, 1.82) is 0 Å². The molecule has 2 aromatic carbocycles. The van der Waals surface area contributed by atoms with E-state index >= 15 is 0 Å². The van der Waals surface area contributed by atoms with Crippen LogP contribution >= 0.6 is 0 Å². The van der Waals surface area contributed by atoms with E-state index in [4.69, 9.17) is 14.5 Å². The van der Waals surface area contributed by atoms with Crippen molar-refractivity contribution in [2.45, 2.75) is 76.5 Å². The number of rotatable bonds is 5. The number of hydrogen-bond acceptors (Lipinski definition) is 3. The molecule has 2 fully saturated rings. The van der Waals surface area contributed by atoms with E-state index in [9.17, 15) is 0 Å². The summed E-state index contributed by atoms with van der Waals surface area (Å²) in [5.41, 5.74) is -0.0639. The predicted molar refractivity (Wildman–Crippen MR) is 125 cm³/mol. The first kappa shape index (κ1) is 21.6. The molecule has 3 nitrogen and oxygen atoms in total. The van der Waals surface area contributed by atoms with Crippen molar-refractivity contribution < 1.29 is 14.5 Å². The Balaban J connectivity index is 1.48. The van der Waals surface area contributed by atoms with Crippen LogP contribution in [0.3, 0.4) is 0 Å². The monoisotopic (exact) mass is 424 g/mol. The Morgan fingerprint density at radius 1 is 1.00 bits per heavy atom. The molecule has 1 heterocycles. The summed E-state index contributed by atoms with van der Waals surface area (Å²) in [5.74, 6) is 1.51. The van der Waals surface area contributed by atoms with Gasteiger partial charge in [0, 0.05) is 6.42 Å². The number of benzene rings is 2. The highest BCUT2D eigenvalue weighted by atomic mass is 28.3. The summed E-state index contributed by atoms with van der Waals surface area (Å²) >= 11 is 0. The van der Waals surface area contributed by atoms with Crippen molar-refractivity contribution >= 4 is 19.2 Å². The predicted octanol–water partition coefficient (Wildman–Crippen LogP) is 4.88. The molecule has 1 aliphatic carbocycles. The lowest BCUT2D eigenvalue weighted by Gasteiger charge is -2.40. The number of ether oxygens (including phenoxy) is 1. The maximum Gasteiger partial charge on any atom is 0.119 e. The molecule has 0 N–H and O–H groups in total. The molecule has 1 aliphatic heterocycles. The molecular formula is C26H36O3Si. The smallest absolute Gasteiger partial charge is 0.119 e. The standard InChI is InChI=1S/C26H36O3Si/c1-5-20-19-26(17-18-27-29-26)16-15-24(20)28-21-11-13-23(14-12-21)30(25(2,3)4)22-9-7-6-8-10-22/h6-14,20,24,30H,5,15-19H2,1-4H3/t20-,24-,26?,30?/m1/s1. The van der Waals surface area contributed by atoms with Gasteiger partial charge in [-0.15, -0.1) is 0 Å². The molecule has 0 aromatic heterocycles. The molecular weight excluding hydrogens is 388 g/mol. The molecule has 1 saturated heterocycles. The molecule has 2 aliphatic rings. The molecule has 4 atom stereocenters. The van der Waals surface area contributed by atoms with E-state index in [-0.39, 0.29) is 16.7 Å². The fraction of sp³-hybridized carbons (Fsp3) is 0.538. The summed E-state index contributed by atoms with van der Waals surface area (Å²) < 4.78 is 6.51.